The molecule has 0 bridgehead atoms. The minimum atomic E-state index is -2.18. The lowest BCUT2D eigenvalue weighted by Crippen LogP contribution is -2.71. The summed E-state index contributed by atoms with van der Waals surface area (Å²) in [6, 6.07) is 6.55. The Labute approximate surface area is 600 Å². The zero-order valence-electron chi connectivity index (χ0n) is 59.4. The summed E-state index contributed by atoms with van der Waals surface area (Å²) in [7, 11) is 1.47. The molecule has 1 aromatic carbocycles. The van der Waals surface area contributed by atoms with Crippen molar-refractivity contribution < 1.29 is 162 Å². The molecule has 10 aliphatic rings. The third-order valence-corrected chi connectivity index (χ3v) is 25.1. The number of rotatable bonds is 19. The maximum Gasteiger partial charge on any atom is 0.331 e. The summed E-state index contributed by atoms with van der Waals surface area (Å²) in [6.45, 7) is 10.5. The second-order valence-electron chi connectivity index (χ2n) is 31.7. The number of esters is 3. The molecule has 9 fully saturated rings. The van der Waals surface area contributed by atoms with Crippen LogP contribution in [0.3, 0.4) is 0 Å². The van der Waals surface area contributed by atoms with Crippen LogP contribution in [0.4, 0.5) is 0 Å². The quantitative estimate of drug-likeness (QED) is 0.0220. The molecule has 5 aliphatic heterocycles. The number of aliphatic hydroxyl groups excluding tert-OH is 15. The van der Waals surface area contributed by atoms with Crippen molar-refractivity contribution in [1.29, 1.82) is 0 Å². The zero-order chi connectivity index (χ0) is 76.0. The summed E-state index contributed by atoms with van der Waals surface area (Å²) in [5.41, 5.74) is -6.65. The van der Waals surface area contributed by atoms with E-state index in [1.807, 2.05) is 33.8 Å². The van der Waals surface area contributed by atoms with E-state index in [0.29, 0.717) is 16.9 Å². The summed E-state index contributed by atoms with van der Waals surface area (Å²) in [5.74, 6) is -6.01. The van der Waals surface area contributed by atoms with Gasteiger partial charge in [0.15, 0.2) is 37.4 Å². The van der Waals surface area contributed by atoms with Crippen molar-refractivity contribution in [3.05, 3.63) is 47.6 Å². The van der Waals surface area contributed by atoms with Crippen LogP contribution in [0.2, 0.25) is 0 Å². The third kappa shape index (κ3) is 14.1. The number of carbonyl (C=O) groups is 4. The first kappa shape index (κ1) is 80.4. The Hall–Kier alpha value is -4.58. The first-order valence-electron chi connectivity index (χ1n) is 35.6. The Kier molecular flexibility index (Phi) is 23.7. The van der Waals surface area contributed by atoms with Crippen LogP contribution in [0.15, 0.2) is 42.0 Å². The number of methoxy groups -OCH3 is 1. The molecule has 1 aromatic rings. The van der Waals surface area contributed by atoms with Crippen molar-refractivity contribution in [1.82, 2.24) is 0 Å². The van der Waals surface area contributed by atoms with E-state index < -0.39 is 266 Å². The number of benzene rings is 1. The van der Waals surface area contributed by atoms with E-state index in [2.05, 4.69) is 0 Å². The van der Waals surface area contributed by atoms with Crippen LogP contribution in [-0.4, -0.2) is 305 Å². The molecule has 11 rings (SSSR count). The smallest absolute Gasteiger partial charge is 0.331 e. The van der Waals surface area contributed by atoms with Crippen molar-refractivity contribution >= 4 is 30.0 Å². The fourth-order valence-corrected chi connectivity index (χ4v) is 19.4. The average molecular weight is 1490 g/mol. The minimum absolute atomic E-state index is 0.00656. The number of fused-ring (bicyclic) bond motifs is 7. The lowest BCUT2D eigenvalue weighted by molar-refractivity contribution is -0.391. The number of hydrogen-bond donors (Lipinski definition) is 16. The van der Waals surface area contributed by atoms with E-state index in [1.54, 1.807) is 24.3 Å². The van der Waals surface area contributed by atoms with E-state index in [9.17, 15) is 96.1 Å². The van der Waals surface area contributed by atoms with Crippen LogP contribution < -0.4 is 4.74 Å². The number of carbonyl (C=O) groups excluding carboxylic acids is 3. The number of hydrogen-bond acceptors (Lipinski definition) is 32. The molecule has 0 spiro atoms. The van der Waals surface area contributed by atoms with E-state index in [0.717, 1.165) is 13.0 Å². The molecule has 35 atom stereocenters. The van der Waals surface area contributed by atoms with Gasteiger partial charge in [0.1, 0.15) is 115 Å². The fraction of sp³-hybridized carbons (Fsp3) is 0.803. The van der Waals surface area contributed by atoms with Gasteiger partial charge in [-0.1, -0.05) is 51.5 Å². The molecule has 0 amide bonds. The Bertz CT molecular complexity index is 3260. The molecule has 586 valence electrons. The van der Waals surface area contributed by atoms with E-state index in [4.69, 9.17) is 61.6 Å². The van der Waals surface area contributed by atoms with Crippen molar-refractivity contribution in [2.75, 3.05) is 33.5 Å². The highest BCUT2D eigenvalue weighted by molar-refractivity contribution is 5.87. The van der Waals surface area contributed by atoms with E-state index in [1.165, 1.54) is 34.0 Å². The molecule has 0 radical (unpaired) electrons. The topological polar surface area (TPSA) is 512 Å². The van der Waals surface area contributed by atoms with Gasteiger partial charge in [-0.15, -0.1) is 0 Å². The van der Waals surface area contributed by atoms with Crippen molar-refractivity contribution in [3.63, 3.8) is 0 Å². The second-order valence-corrected chi connectivity index (χ2v) is 31.7. The van der Waals surface area contributed by atoms with Gasteiger partial charge in [0.2, 0.25) is 6.29 Å². The van der Waals surface area contributed by atoms with Gasteiger partial charge in [-0.05, 0) is 130 Å². The number of carboxylic acid groups (broad SMARTS) is 1. The molecule has 104 heavy (non-hydrogen) atoms. The van der Waals surface area contributed by atoms with Crippen LogP contribution in [0, 0.1) is 50.2 Å². The van der Waals surface area contributed by atoms with E-state index >= 15 is 4.79 Å². The highest BCUT2D eigenvalue weighted by Crippen LogP contribution is 2.76. The molecule has 0 aromatic heterocycles. The van der Waals surface area contributed by atoms with Crippen LogP contribution in [0.5, 0.6) is 5.75 Å². The molecule has 5 saturated heterocycles. The summed E-state index contributed by atoms with van der Waals surface area (Å²) < 4.78 is 78.5. The first-order chi connectivity index (χ1) is 48.9. The summed E-state index contributed by atoms with van der Waals surface area (Å²) in [4.78, 5) is 56.7. The van der Waals surface area contributed by atoms with Gasteiger partial charge in [-0.2, -0.15) is 0 Å². The molecular weight excluding hydrogens is 1380 g/mol. The molecule has 0 unspecified atom stereocenters. The van der Waals surface area contributed by atoms with Crippen LogP contribution >= 0.6 is 0 Å². The molecular formula is C71H104O33. The maximum absolute atomic E-state index is 16.4. The van der Waals surface area contributed by atoms with Crippen LogP contribution in [0.1, 0.15) is 112 Å². The standard InChI is InChI=1S/C71H104O33/c1-29-54(100-59-50(85)44(79)37(76)26-94-59)49(84)53(88)60(95-29)102-57-56(101-61-51(86)48(83)46(81)39(98-61)27-93-31(3)74)55(99-43(78)17-12-32-10-13-33(92-9)14-11-32)30(2)96-63(57)104-65(91)71-21-20-70(28-73)34(35(71)22-66(4,5)24-42(71)77)15-16-40-67(6)23-36(75)58(69(8,64(89)90)41(67)18-19-68(40,70)7)103-62-52(87)47(82)45(80)38(25-72)97-62/h10-15,17,29-30,35-42,44-63,72-73,75-77,79-88H,16,18-28H2,1-9H3,(H,89,90)/b17-12-/t29-,30+,35-,36-,37+,38+,39+,40+,41+,42+,44-,45+,46+,47-,48-,49-,50+,51+,52+,53+,54-,55-,56-,57+,58-,59-,60-,61-,62-,63-,67+,68+,69-,70-,71-/m0/s1. The van der Waals surface area contributed by atoms with E-state index in [-0.39, 0.29) is 51.4 Å². The summed E-state index contributed by atoms with van der Waals surface area (Å²) in [6.07, 6.45) is -43.6. The predicted octanol–water partition coefficient (Wildman–Crippen LogP) is -2.69. The van der Waals surface area contributed by atoms with Gasteiger partial charge >= 0.3 is 23.9 Å². The Morgan fingerprint density at radius 2 is 1.18 bits per heavy atom. The SMILES string of the molecule is COc1ccc(/C=C\C(=O)O[C@@H]2[C@H](O[C@@H]3O[C@H](COC(C)=O)[C@@H](O)[C@H](O)[C@H]3O)[C@@H](O[C@@H]3O[C@@H](C)[C@H](O[C@@H]4OC[C@@H](O)[C@H](O)[C@H]4O)[C@@H](O)[C@H]3O)[C@H](OC(=O)[C@@]34CC[C@]5(CO)C(=CC[C@@H]6[C@@]7(C)C[C@H](O)[C@H](O[C@@H]8O[C@H](CO)[C@@H](O)[C@H](O)[C@H]8O)[C@@](C)(C(=O)O)[C@@H]7CC[C@]65C)[C@@H]3CC(C)(C)C[C@H]4O)O[C@@H]2C)cc1. The minimum Gasteiger partial charge on any atom is -0.497 e. The Morgan fingerprint density at radius 3 is 1.82 bits per heavy atom. The number of ether oxygens (including phenoxy) is 13. The molecule has 33 nitrogen and oxygen atoms in total. The maximum atomic E-state index is 16.4. The average Bonchev–Trinajstić information content (AvgIpc) is 0.667. The number of aliphatic hydroxyl groups is 15. The summed E-state index contributed by atoms with van der Waals surface area (Å²) in [5, 5.41) is 181. The molecule has 5 aliphatic carbocycles. The molecule has 33 heteroatoms. The number of aliphatic carboxylic acids is 1. The fourth-order valence-electron chi connectivity index (χ4n) is 19.4. The Balaban J connectivity index is 0.960. The largest absolute Gasteiger partial charge is 0.497 e. The van der Waals surface area contributed by atoms with Crippen molar-refractivity contribution in [2.24, 2.45) is 50.2 Å². The Morgan fingerprint density at radius 1 is 0.596 bits per heavy atom. The molecule has 4 saturated carbocycles. The molecule has 5 heterocycles. The normalized spacial score (nSPS) is 48.6. The number of allylic oxidation sites excluding steroid dienone is 1. The van der Waals surface area contributed by atoms with Gasteiger partial charge in [-0.3, -0.25) is 14.4 Å². The van der Waals surface area contributed by atoms with Gasteiger partial charge in [0.25, 0.3) is 0 Å². The van der Waals surface area contributed by atoms with Crippen molar-refractivity contribution in [2.45, 2.75) is 272 Å². The van der Waals surface area contributed by atoms with Crippen LogP contribution in [0.25, 0.3) is 6.08 Å². The van der Waals surface area contributed by atoms with Gasteiger partial charge in [-0.25, -0.2) is 4.79 Å². The van der Waals surface area contributed by atoms with Crippen LogP contribution in [-0.2, 0) is 76.0 Å². The lowest BCUT2D eigenvalue weighted by Gasteiger charge is -2.71. The van der Waals surface area contributed by atoms with Gasteiger partial charge in [0.05, 0.1) is 56.8 Å². The number of carboxylic acids is 1. The highest BCUT2D eigenvalue weighted by atomic mass is 16.8. The monoisotopic (exact) mass is 1480 g/mol. The highest BCUT2D eigenvalue weighted by Gasteiger charge is 2.75. The predicted molar refractivity (Wildman–Crippen MR) is 348 cm³/mol. The summed E-state index contributed by atoms with van der Waals surface area (Å²) >= 11 is 0. The second kappa shape index (κ2) is 30.7. The van der Waals surface area contributed by atoms with Gasteiger partial charge < -0.3 is 143 Å². The van der Waals surface area contributed by atoms with Crippen molar-refractivity contribution in [3.8, 4) is 5.75 Å². The lowest BCUT2D eigenvalue weighted by atomic mass is 9.33. The zero-order valence-corrected chi connectivity index (χ0v) is 59.4. The first-order valence-corrected chi connectivity index (χ1v) is 35.6. The van der Waals surface area contributed by atoms with Gasteiger partial charge in [0, 0.05) is 18.4 Å². The third-order valence-electron chi connectivity index (χ3n) is 25.1. The molecule has 16 N–H and O–H groups in total.